The summed E-state index contributed by atoms with van der Waals surface area (Å²) in [4.78, 5) is 20.6. The van der Waals surface area contributed by atoms with Gasteiger partial charge in [-0.05, 0) is 42.5 Å². The predicted molar refractivity (Wildman–Crippen MR) is 114 cm³/mol. The summed E-state index contributed by atoms with van der Waals surface area (Å²) in [6, 6.07) is 17.3. The van der Waals surface area contributed by atoms with Gasteiger partial charge in [0.15, 0.2) is 11.5 Å². The summed E-state index contributed by atoms with van der Waals surface area (Å²) in [5.74, 6) is -0.220. The van der Waals surface area contributed by atoms with Crippen LogP contribution in [0.3, 0.4) is 0 Å². The first-order chi connectivity index (χ1) is 14.1. The molecule has 0 spiro atoms. The van der Waals surface area contributed by atoms with Crippen LogP contribution in [0.4, 0.5) is 5.82 Å². The van der Waals surface area contributed by atoms with E-state index in [2.05, 4.69) is 63.9 Å². The third-order valence-corrected chi connectivity index (χ3v) is 5.51. The van der Waals surface area contributed by atoms with E-state index in [1.165, 1.54) is 11.1 Å². The number of aromatic nitrogens is 2. The topological polar surface area (TPSA) is 92.9 Å². The monoisotopic (exact) mass is 387 g/mol. The van der Waals surface area contributed by atoms with E-state index in [4.69, 9.17) is 5.73 Å². The first-order valence-corrected chi connectivity index (χ1v) is 9.85. The molecular formula is C23H25N5O. The van der Waals surface area contributed by atoms with Crippen LogP contribution in [0, 0.1) is 0 Å². The first-order valence-electron chi connectivity index (χ1n) is 9.85. The Kier molecular flexibility index (Phi) is 5.27. The van der Waals surface area contributed by atoms with E-state index in [-0.39, 0.29) is 23.5 Å². The fraction of sp³-hybridized carbons (Fsp3) is 0.261. The minimum atomic E-state index is -0.345. The summed E-state index contributed by atoms with van der Waals surface area (Å²) in [6.45, 7) is 2.17. The van der Waals surface area contributed by atoms with Crippen molar-refractivity contribution in [1.82, 2.24) is 20.6 Å². The highest BCUT2D eigenvalue weighted by atomic mass is 16.1. The van der Waals surface area contributed by atoms with Crippen molar-refractivity contribution < 1.29 is 4.79 Å². The Morgan fingerprint density at radius 1 is 1.21 bits per heavy atom. The molecule has 29 heavy (non-hydrogen) atoms. The van der Waals surface area contributed by atoms with Gasteiger partial charge in [0.1, 0.15) is 0 Å². The quantitative estimate of drug-likeness (QED) is 0.624. The molecule has 1 amide bonds. The highest BCUT2D eigenvalue weighted by molar-refractivity contribution is 5.96. The molecule has 6 nitrogen and oxygen atoms in total. The molecule has 0 unspecified atom stereocenters. The van der Waals surface area contributed by atoms with Crippen molar-refractivity contribution in [2.75, 3.05) is 12.8 Å². The van der Waals surface area contributed by atoms with Gasteiger partial charge in [-0.15, -0.1) is 0 Å². The number of nitrogens with one attached hydrogen (secondary N) is 2. The van der Waals surface area contributed by atoms with E-state index < -0.39 is 0 Å². The molecule has 0 fully saturated rings. The Bertz CT molecular complexity index is 1050. The van der Waals surface area contributed by atoms with Gasteiger partial charge >= 0.3 is 0 Å². The molecule has 0 bridgehead atoms. The molecule has 0 saturated carbocycles. The maximum absolute atomic E-state index is 12.0. The van der Waals surface area contributed by atoms with Crippen molar-refractivity contribution in [1.29, 1.82) is 0 Å². The third-order valence-electron chi connectivity index (χ3n) is 5.51. The molecular weight excluding hydrogens is 362 g/mol. The Hall–Kier alpha value is -3.25. The largest absolute Gasteiger partial charge is 0.382 e. The molecule has 6 heteroatoms. The lowest BCUT2D eigenvalue weighted by Gasteiger charge is -2.21. The lowest BCUT2D eigenvalue weighted by atomic mass is 10.0. The van der Waals surface area contributed by atoms with Crippen molar-refractivity contribution >= 4 is 11.7 Å². The molecule has 1 aromatic heterocycles. The van der Waals surface area contributed by atoms with Crippen molar-refractivity contribution in [2.45, 2.75) is 31.8 Å². The van der Waals surface area contributed by atoms with Crippen LogP contribution < -0.4 is 16.4 Å². The van der Waals surface area contributed by atoms with Gasteiger partial charge in [0.25, 0.3) is 5.91 Å². The fourth-order valence-corrected chi connectivity index (χ4v) is 3.92. The normalized spacial score (nSPS) is 16.3. The molecule has 148 valence electrons. The van der Waals surface area contributed by atoms with Crippen molar-refractivity contribution in [3.05, 3.63) is 77.1 Å². The molecule has 4 N–H and O–H groups in total. The zero-order valence-electron chi connectivity index (χ0n) is 16.6. The number of nitrogens with two attached hydrogens (primary N) is 1. The van der Waals surface area contributed by atoms with Crippen LogP contribution in [-0.2, 0) is 6.42 Å². The fourth-order valence-electron chi connectivity index (χ4n) is 3.92. The molecule has 0 saturated heterocycles. The van der Waals surface area contributed by atoms with Crippen LogP contribution in [0.5, 0.6) is 0 Å². The van der Waals surface area contributed by atoms with Crippen LogP contribution in [0.2, 0.25) is 0 Å². The molecule has 0 radical (unpaired) electrons. The number of hydrogen-bond donors (Lipinski definition) is 3. The second-order valence-corrected chi connectivity index (χ2v) is 7.37. The maximum Gasteiger partial charge on any atom is 0.273 e. The number of hydrogen-bond acceptors (Lipinski definition) is 5. The number of nitrogens with zero attached hydrogens (tertiary/aromatic N) is 2. The highest BCUT2D eigenvalue weighted by Crippen LogP contribution is 2.33. The van der Waals surface area contributed by atoms with E-state index in [9.17, 15) is 4.79 Å². The summed E-state index contributed by atoms with van der Waals surface area (Å²) in [7, 11) is 1.55. The van der Waals surface area contributed by atoms with Gasteiger partial charge in [-0.3, -0.25) is 4.79 Å². The van der Waals surface area contributed by atoms with Crippen LogP contribution in [0.1, 0.15) is 52.6 Å². The zero-order chi connectivity index (χ0) is 20.4. The number of benzene rings is 2. The van der Waals surface area contributed by atoms with Crippen molar-refractivity contribution in [3.63, 3.8) is 0 Å². The number of aryl methyl sites for hydroxylation is 1. The molecule has 0 aliphatic heterocycles. The van der Waals surface area contributed by atoms with E-state index in [1.54, 1.807) is 13.2 Å². The average molecular weight is 387 g/mol. The summed E-state index contributed by atoms with van der Waals surface area (Å²) in [6.07, 6.45) is 3.83. The number of carbonyl (C=O) groups is 1. The van der Waals surface area contributed by atoms with Gasteiger partial charge in [-0.1, -0.05) is 42.5 Å². The Morgan fingerprint density at radius 2 is 2.03 bits per heavy atom. The SMILES string of the molecule is CNC(=O)c1nc(-c2cccc([C@H](C)N[C@H]3CCc4ccccc43)c2)cnc1N. The van der Waals surface area contributed by atoms with Gasteiger partial charge in [-0.25, -0.2) is 9.97 Å². The number of nitrogen functional groups attached to an aromatic ring is 1. The second kappa shape index (κ2) is 8.01. The Morgan fingerprint density at radius 3 is 2.86 bits per heavy atom. The molecule has 1 aliphatic rings. The number of amides is 1. The average Bonchev–Trinajstić information content (AvgIpc) is 3.16. The van der Waals surface area contributed by atoms with Gasteiger partial charge in [0.2, 0.25) is 0 Å². The third kappa shape index (κ3) is 3.84. The first kappa shape index (κ1) is 19.1. The summed E-state index contributed by atoms with van der Waals surface area (Å²) >= 11 is 0. The summed E-state index contributed by atoms with van der Waals surface area (Å²) < 4.78 is 0. The number of fused-ring (bicyclic) bond motifs is 1. The van der Waals surface area contributed by atoms with Crippen LogP contribution in [-0.4, -0.2) is 22.9 Å². The minimum absolute atomic E-state index is 0.124. The number of rotatable bonds is 5. The molecule has 2 atom stereocenters. The molecule has 1 heterocycles. The molecule has 3 aromatic rings. The standard InChI is InChI=1S/C23H25N5O/c1-14(27-19-11-10-15-6-3-4-9-18(15)19)16-7-5-8-17(12-16)20-13-26-22(24)21(28-20)23(29)25-2/h3-9,12-14,19,27H,10-11H2,1-2H3,(H2,24,26)(H,25,29)/t14-,19-/m0/s1. The smallest absolute Gasteiger partial charge is 0.273 e. The lowest BCUT2D eigenvalue weighted by Crippen LogP contribution is -2.23. The highest BCUT2D eigenvalue weighted by Gasteiger charge is 2.23. The van der Waals surface area contributed by atoms with E-state index in [0.717, 1.165) is 24.0 Å². The van der Waals surface area contributed by atoms with Gasteiger partial charge in [-0.2, -0.15) is 0 Å². The van der Waals surface area contributed by atoms with E-state index in [1.807, 2.05) is 12.1 Å². The lowest BCUT2D eigenvalue weighted by molar-refractivity contribution is 0.0959. The molecule has 4 rings (SSSR count). The number of anilines is 1. The number of carbonyl (C=O) groups excluding carboxylic acids is 1. The van der Waals surface area contributed by atoms with E-state index >= 15 is 0 Å². The van der Waals surface area contributed by atoms with E-state index in [0.29, 0.717) is 11.7 Å². The van der Waals surface area contributed by atoms with Gasteiger partial charge in [0.05, 0.1) is 11.9 Å². The van der Waals surface area contributed by atoms with Crippen molar-refractivity contribution in [2.24, 2.45) is 0 Å². The van der Waals surface area contributed by atoms with Crippen LogP contribution >= 0.6 is 0 Å². The maximum atomic E-state index is 12.0. The second-order valence-electron chi connectivity index (χ2n) is 7.37. The predicted octanol–water partition coefficient (Wildman–Crippen LogP) is 3.42. The summed E-state index contributed by atoms with van der Waals surface area (Å²) in [5, 5.41) is 6.31. The Balaban J connectivity index is 1.57. The van der Waals surface area contributed by atoms with Crippen LogP contribution in [0.15, 0.2) is 54.7 Å². The summed E-state index contributed by atoms with van der Waals surface area (Å²) in [5.41, 5.74) is 11.5. The molecule has 1 aliphatic carbocycles. The minimum Gasteiger partial charge on any atom is -0.382 e. The van der Waals surface area contributed by atoms with Crippen LogP contribution in [0.25, 0.3) is 11.3 Å². The Labute approximate surface area is 170 Å². The van der Waals surface area contributed by atoms with Crippen molar-refractivity contribution in [3.8, 4) is 11.3 Å². The molecule has 2 aromatic carbocycles. The van der Waals surface area contributed by atoms with Gasteiger partial charge in [0, 0.05) is 24.7 Å². The van der Waals surface area contributed by atoms with Gasteiger partial charge < -0.3 is 16.4 Å². The zero-order valence-corrected chi connectivity index (χ0v) is 16.6.